The van der Waals surface area contributed by atoms with Gasteiger partial charge >= 0.3 is 5.00 Å². The lowest BCUT2D eigenvalue weighted by Crippen LogP contribution is -2.11. The van der Waals surface area contributed by atoms with Crippen LogP contribution in [0.2, 0.25) is 0 Å². The zero-order chi connectivity index (χ0) is 14.4. The summed E-state index contributed by atoms with van der Waals surface area (Å²) >= 11 is 1.20. The molecular formula is C14H16N2O3S. The molecule has 0 atom stereocenters. The van der Waals surface area contributed by atoms with Crippen LogP contribution in [0.25, 0.3) is 0 Å². The highest BCUT2D eigenvalue weighted by molar-refractivity contribution is 7.15. The number of thiophene rings is 1. The van der Waals surface area contributed by atoms with E-state index in [1.807, 2.05) is 31.2 Å². The molecule has 0 unspecified atom stereocenters. The average Bonchev–Trinajstić information content (AvgIpc) is 2.89. The second kappa shape index (κ2) is 7.02. The minimum absolute atomic E-state index is 0.181. The van der Waals surface area contributed by atoms with Crippen LogP contribution in [0.4, 0.5) is 5.00 Å². The van der Waals surface area contributed by atoms with Gasteiger partial charge in [-0.25, -0.2) is 0 Å². The second-order valence-corrected chi connectivity index (χ2v) is 5.33. The van der Waals surface area contributed by atoms with Gasteiger partial charge in [0.25, 0.3) is 0 Å². The van der Waals surface area contributed by atoms with E-state index in [2.05, 4.69) is 5.32 Å². The van der Waals surface area contributed by atoms with Gasteiger partial charge in [-0.15, -0.1) is 0 Å². The van der Waals surface area contributed by atoms with Crippen molar-refractivity contribution in [2.24, 2.45) is 0 Å². The van der Waals surface area contributed by atoms with E-state index in [1.54, 1.807) is 6.07 Å². The van der Waals surface area contributed by atoms with Gasteiger partial charge in [0, 0.05) is 24.0 Å². The van der Waals surface area contributed by atoms with Gasteiger partial charge in [0.05, 0.1) is 11.5 Å². The SMILES string of the molecule is CCOc1cccc(CNCc2ccc([N+](=O)[O-])s2)c1. The largest absolute Gasteiger partial charge is 0.494 e. The molecule has 0 saturated heterocycles. The van der Waals surface area contributed by atoms with Crippen LogP contribution < -0.4 is 10.1 Å². The van der Waals surface area contributed by atoms with Gasteiger partial charge < -0.3 is 10.1 Å². The number of benzene rings is 1. The van der Waals surface area contributed by atoms with Crippen molar-refractivity contribution in [2.75, 3.05) is 6.61 Å². The standard InChI is InChI=1S/C14H16N2O3S/c1-2-19-12-5-3-4-11(8-12)9-15-10-13-6-7-14(20-13)16(17)18/h3-8,15H,2,9-10H2,1H3. The fourth-order valence-corrected chi connectivity index (χ4v) is 2.59. The maximum atomic E-state index is 10.6. The molecule has 1 aromatic heterocycles. The zero-order valence-electron chi connectivity index (χ0n) is 11.2. The van der Waals surface area contributed by atoms with Crippen molar-refractivity contribution in [3.05, 3.63) is 57.0 Å². The van der Waals surface area contributed by atoms with Crippen LogP contribution in [0.3, 0.4) is 0 Å². The van der Waals surface area contributed by atoms with Crippen molar-refractivity contribution in [3.8, 4) is 5.75 Å². The van der Waals surface area contributed by atoms with Crippen LogP contribution in [-0.4, -0.2) is 11.5 Å². The lowest BCUT2D eigenvalue weighted by molar-refractivity contribution is -0.380. The minimum atomic E-state index is -0.361. The third kappa shape index (κ3) is 4.04. The van der Waals surface area contributed by atoms with E-state index in [9.17, 15) is 10.1 Å². The highest BCUT2D eigenvalue weighted by Gasteiger charge is 2.09. The van der Waals surface area contributed by atoms with Gasteiger partial charge in [0.2, 0.25) is 0 Å². The third-order valence-corrected chi connectivity index (χ3v) is 3.70. The van der Waals surface area contributed by atoms with Gasteiger partial charge in [-0.3, -0.25) is 10.1 Å². The van der Waals surface area contributed by atoms with Crippen molar-refractivity contribution in [1.82, 2.24) is 5.32 Å². The Morgan fingerprint density at radius 2 is 2.15 bits per heavy atom. The summed E-state index contributed by atoms with van der Waals surface area (Å²) in [5, 5.41) is 14.0. The lowest BCUT2D eigenvalue weighted by atomic mass is 10.2. The van der Waals surface area contributed by atoms with Crippen LogP contribution in [0.15, 0.2) is 36.4 Å². The van der Waals surface area contributed by atoms with E-state index in [1.165, 1.54) is 17.4 Å². The molecule has 0 aliphatic rings. The first-order valence-corrected chi connectivity index (χ1v) is 7.16. The Bertz CT molecular complexity index is 583. The number of hydrogen-bond donors (Lipinski definition) is 1. The van der Waals surface area contributed by atoms with Crippen LogP contribution in [0, 0.1) is 10.1 Å². The van der Waals surface area contributed by atoms with Gasteiger partial charge in [0.1, 0.15) is 5.75 Å². The Balaban J connectivity index is 1.85. The van der Waals surface area contributed by atoms with E-state index in [4.69, 9.17) is 4.74 Å². The first-order valence-electron chi connectivity index (χ1n) is 6.34. The number of rotatable bonds is 7. The molecule has 0 fully saturated rings. The first kappa shape index (κ1) is 14.5. The molecule has 0 aliphatic carbocycles. The van der Waals surface area contributed by atoms with Crippen LogP contribution in [-0.2, 0) is 13.1 Å². The molecular weight excluding hydrogens is 276 g/mol. The summed E-state index contributed by atoms with van der Waals surface area (Å²) in [5.74, 6) is 0.860. The summed E-state index contributed by atoms with van der Waals surface area (Å²) in [6.07, 6.45) is 0. The molecule has 2 rings (SSSR count). The molecule has 0 bridgehead atoms. The molecule has 1 aromatic carbocycles. The summed E-state index contributed by atoms with van der Waals surface area (Å²) in [6, 6.07) is 11.2. The monoisotopic (exact) mass is 292 g/mol. The molecule has 106 valence electrons. The van der Waals surface area contributed by atoms with E-state index in [0.29, 0.717) is 19.7 Å². The predicted molar refractivity (Wildman–Crippen MR) is 79.1 cm³/mol. The average molecular weight is 292 g/mol. The van der Waals surface area contributed by atoms with Crippen LogP contribution in [0.5, 0.6) is 5.75 Å². The molecule has 0 aliphatic heterocycles. The molecule has 1 N–H and O–H groups in total. The van der Waals surface area contributed by atoms with Crippen molar-refractivity contribution >= 4 is 16.3 Å². The molecule has 1 heterocycles. The van der Waals surface area contributed by atoms with Crippen molar-refractivity contribution < 1.29 is 9.66 Å². The van der Waals surface area contributed by atoms with Crippen LogP contribution in [0.1, 0.15) is 17.4 Å². The normalized spacial score (nSPS) is 10.4. The maximum Gasteiger partial charge on any atom is 0.324 e. The Morgan fingerprint density at radius 1 is 1.30 bits per heavy atom. The fraction of sp³-hybridized carbons (Fsp3) is 0.286. The molecule has 0 radical (unpaired) electrons. The van der Waals surface area contributed by atoms with Gasteiger partial charge in [-0.2, -0.15) is 0 Å². The molecule has 20 heavy (non-hydrogen) atoms. The maximum absolute atomic E-state index is 10.6. The quantitative estimate of drug-likeness (QED) is 0.628. The van der Waals surface area contributed by atoms with Gasteiger partial charge in [-0.1, -0.05) is 23.5 Å². The topological polar surface area (TPSA) is 64.4 Å². The van der Waals surface area contributed by atoms with Crippen molar-refractivity contribution in [2.45, 2.75) is 20.0 Å². The molecule has 5 nitrogen and oxygen atoms in total. The second-order valence-electron chi connectivity index (χ2n) is 4.18. The van der Waals surface area contributed by atoms with Gasteiger partial charge in [-0.05, 0) is 30.7 Å². The summed E-state index contributed by atoms with van der Waals surface area (Å²) in [7, 11) is 0. The Labute approximate surface area is 121 Å². The summed E-state index contributed by atoms with van der Waals surface area (Å²) < 4.78 is 5.44. The summed E-state index contributed by atoms with van der Waals surface area (Å²) in [4.78, 5) is 11.2. The van der Waals surface area contributed by atoms with E-state index >= 15 is 0 Å². The predicted octanol–water partition coefficient (Wildman–Crippen LogP) is 3.34. The van der Waals surface area contributed by atoms with E-state index in [0.717, 1.165) is 16.2 Å². The Morgan fingerprint density at radius 3 is 2.85 bits per heavy atom. The summed E-state index contributed by atoms with van der Waals surface area (Å²) in [6.45, 7) is 3.92. The Hall–Kier alpha value is -1.92. The van der Waals surface area contributed by atoms with Crippen molar-refractivity contribution in [1.29, 1.82) is 0 Å². The van der Waals surface area contributed by atoms with Crippen molar-refractivity contribution in [3.63, 3.8) is 0 Å². The fourth-order valence-electron chi connectivity index (χ4n) is 1.80. The van der Waals surface area contributed by atoms with Gasteiger partial charge in [0.15, 0.2) is 0 Å². The Kier molecular flexibility index (Phi) is 5.09. The number of hydrogen-bond acceptors (Lipinski definition) is 5. The number of nitrogens with one attached hydrogen (secondary N) is 1. The number of nitro groups is 1. The molecule has 6 heteroatoms. The highest BCUT2D eigenvalue weighted by atomic mass is 32.1. The molecule has 0 amide bonds. The smallest absolute Gasteiger partial charge is 0.324 e. The number of ether oxygens (including phenoxy) is 1. The summed E-state index contributed by atoms with van der Waals surface area (Å²) in [5.41, 5.74) is 1.13. The van der Waals surface area contributed by atoms with E-state index < -0.39 is 0 Å². The number of nitrogens with zero attached hydrogens (tertiary/aromatic N) is 1. The third-order valence-electron chi connectivity index (χ3n) is 2.67. The zero-order valence-corrected chi connectivity index (χ0v) is 12.0. The molecule has 2 aromatic rings. The lowest BCUT2D eigenvalue weighted by Gasteiger charge is -2.06. The highest BCUT2D eigenvalue weighted by Crippen LogP contribution is 2.23. The molecule has 0 saturated carbocycles. The van der Waals surface area contributed by atoms with E-state index in [-0.39, 0.29) is 9.92 Å². The molecule has 0 spiro atoms. The first-order chi connectivity index (χ1) is 9.69. The van der Waals surface area contributed by atoms with Crippen LogP contribution >= 0.6 is 11.3 Å². The minimum Gasteiger partial charge on any atom is -0.494 e.